The van der Waals surface area contributed by atoms with Crippen LogP contribution >= 0.6 is 0 Å². The molecule has 1 aliphatic heterocycles. The van der Waals surface area contributed by atoms with Crippen LogP contribution in [0.25, 0.3) is 0 Å². The van der Waals surface area contributed by atoms with E-state index in [9.17, 15) is 4.79 Å². The van der Waals surface area contributed by atoms with Crippen LogP contribution in [0.1, 0.15) is 35.8 Å². The molecular weight excluding hydrogens is 352 g/mol. The molecule has 1 saturated heterocycles. The smallest absolute Gasteiger partial charge is 0.255 e. The van der Waals surface area contributed by atoms with Crippen LogP contribution in [0, 0.1) is 0 Å². The highest BCUT2D eigenvalue weighted by molar-refractivity contribution is 5.98. The van der Waals surface area contributed by atoms with Gasteiger partial charge in [0.05, 0.1) is 24.8 Å². The average Bonchev–Trinajstić information content (AvgIpc) is 2.77. The molecule has 2 heterocycles. The molecule has 0 saturated carbocycles. The Kier molecular flexibility index (Phi) is 7.39. The highest BCUT2D eigenvalue weighted by Crippen LogP contribution is 2.21. The van der Waals surface area contributed by atoms with Gasteiger partial charge in [-0.15, -0.1) is 0 Å². The van der Waals surface area contributed by atoms with Crippen molar-refractivity contribution in [2.75, 3.05) is 50.8 Å². The van der Waals surface area contributed by atoms with Crippen LogP contribution in [0.2, 0.25) is 0 Å². The Labute approximate surface area is 167 Å². The third-order valence-electron chi connectivity index (χ3n) is 5.24. The zero-order chi connectivity index (χ0) is 19.8. The number of amides is 1. The Morgan fingerprint density at radius 1 is 1.14 bits per heavy atom. The van der Waals surface area contributed by atoms with E-state index < -0.39 is 0 Å². The number of pyridine rings is 1. The molecule has 3 rings (SSSR count). The molecule has 0 bridgehead atoms. The summed E-state index contributed by atoms with van der Waals surface area (Å²) in [5.41, 5.74) is 1.84. The SMILES string of the molecule is CCN(CC)C(CNC(=O)c1cccnc1N1CCOCC1)c1ccccc1. The molecule has 1 aromatic carbocycles. The molecule has 2 aromatic rings. The molecule has 1 N–H and O–H groups in total. The molecule has 0 radical (unpaired) electrons. The van der Waals surface area contributed by atoms with Crippen LogP contribution in [-0.4, -0.2) is 61.7 Å². The fourth-order valence-corrected chi connectivity index (χ4v) is 3.68. The van der Waals surface area contributed by atoms with E-state index in [0.717, 1.165) is 32.0 Å². The van der Waals surface area contributed by atoms with Gasteiger partial charge in [-0.25, -0.2) is 4.98 Å². The van der Waals surface area contributed by atoms with Gasteiger partial charge in [-0.1, -0.05) is 44.2 Å². The number of carbonyl (C=O) groups is 1. The zero-order valence-corrected chi connectivity index (χ0v) is 16.8. The number of aromatic nitrogens is 1. The second kappa shape index (κ2) is 10.2. The molecular formula is C22H30N4O2. The van der Waals surface area contributed by atoms with Crippen molar-refractivity contribution in [3.8, 4) is 0 Å². The largest absolute Gasteiger partial charge is 0.378 e. The second-order valence-electron chi connectivity index (χ2n) is 6.83. The van der Waals surface area contributed by atoms with Crippen LogP contribution in [-0.2, 0) is 4.74 Å². The summed E-state index contributed by atoms with van der Waals surface area (Å²) in [6.45, 7) is 9.55. The number of rotatable bonds is 8. The minimum Gasteiger partial charge on any atom is -0.378 e. The zero-order valence-electron chi connectivity index (χ0n) is 16.8. The summed E-state index contributed by atoms with van der Waals surface area (Å²) in [6, 6.07) is 14.2. The monoisotopic (exact) mass is 382 g/mol. The fourth-order valence-electron chi connectivity index (χ4n) is 3.68. The van der Waals surface area contributed by atoms with E-state index >= 15 is 0 Å². The molecule has 6 heteroatoms. The predicted octanol–water partition coefficient (Wildman–Crippen LogP) is 2.73. The molecule has 1 amide bonds. The van der Waals surface area contributed by atoms with E-state index in [2.05, 4.69) is 46.1 Å². The number of nitrogens with zero attached hydrogens (tertiary/aromatic N) is 3. The number of hydrogen-bond donors (Lipinski definition) is 1. The van der Waals surface area contributed by atoms with Crippen molar-refractivity contribution in [1.29, 1.82) is 0 Å². The normalized spacial score (nSPS) is 15.5. The van der Waals surface area contributed by atoms with Gasteiger partial charge < -0.3 is 15.0 Å². The summed E-state index contributed by atoms with van der Waals surface area (Å²) in [5, 5.41) is 3.15. The van der Waals surface area contributed by atoms with Crippen LogP contribution in [0.15, 0.2) is 48.7 Å². The van der Waals surface area contributed by atoms with Crippen LogP contribution in [0.3, 0.4) is 0 Å². The first-order valence-electron chi connectivity index (χ1n) is 10.1. The third-order valence-corrected chi connectivity index (χ3v) is 5.24. The Balaban J connectivity index is 1.74. The van der Waals surface area contributed by atoms with Gasteiger partial charge in [0.2, 0.25) is 0 Å². The molecule has 1 fully saturated rings. The maximum absolute atomic E-state index is 13.0. The van der Waals surface area contributed by atoms with E-state index in [1.165, 1.54) is 5.56 Å². The lowest BCUT2D eigenvalue weighted by Crippen LogP contribution is -2.40. The Morgan fingerprint density at radius 3 is 2.54 bits per heavy atom. The summed E-state index contributed by atoms with van der Waals surface area (Å²) in [6.07, 6.45) is 1.74. The Morgan fingerprint density at radius 2 is 1.86 bits per heavy atom. The van der Waals surface area contributed by atoms with Gasteiger partial charge in [0.1, 0.15) is 5.82 Å². The highest BCUT2D eigenvalue weighted by atomic mass is 16.5. The second-order valence-corrected chi connectivity index (χ2v) is 6.83. The number of carbonyl (C=O) groups excluding carboxylic acids is 1. The minimum atomic E-state index is -0.0809. The van der Waals surface area contributed by atoms with Crippen molar-refractivity contribution in [1.82, 2.24) is 15.2 Å². The quantitative estimate of drug-likeness (QED) is 0.761. The standard InChI is InChI=1S/C22H30N4O2/c1-3-25(4-2)20(18-9-6-5-7-10-18)17-24-22(27)19-11-8-12-23-21(19)26-13-15-28-16-14-26/h5-12,20H,3-4,13-17H2,1-2H3,(H,24,27). The number of benzene rings is 1. The van der Waals surface area contributed by atoms with Crippen molar-refractivity contribution in [2.24, 2.45) is 0 Å². The number of likely N-dealkylation sites (N-methyl/N-ethyl adjacent to an activating group) is 1. The molecule has 1 atom stereocenters. The molecule has 0 aliphatic carbocycles. The summed E-state index contributed by atoms with van der Waals surface area (Å²) in [7, 11) is 0. The van der Waals surface area contributed by atoms with Gasteiger partial charge in [-0.05, 0) is 30.8 Å². The van der Waals surface area contributed by atoms with E-state index in [4.69, 9.17) is 4.74 Å². The molecule has 1 unspecified atom stereocenters. The first-order valence-corrected chi connectivity index (χ1v) is 10.1. The van der Waals surface area contributed by atoms with E-state index in [1.54, 1.807) is 6.20 Å². The van der Waals surface area contributed by atoms with Gasteiger partial charge in [-0.2, -0.15) is 0 Å². The number of hydrogen-bond acceptors (Lipinski definition) is 5. The van der Waals surface area contributed by atoms with Gasteiger partial charge in [0.15, 0.2) is 0 Å². The van der Waals surface area contributed by atoms with Crippen molar-refractivity contribution in [3.63, 3.8) is 0 Å². The molecule has 6 nitrogen and oxygen atoms in total. The minimum absolute atomic E-state index is 0.0809. The summed E-state index contributed by atoms with van der Waals surface area (Å²) in [5.74, 6) is 0.657. The number of ether oxygens (including phenoxy) is 1. The molecule has 1 aromatic heterocycles. The molecule has 150 valence electrons. The van der Waals surface area contributed by atoms with Crippen molar-refractivity contribution >= 4 is 11.7 Å². The van der Waals surface area contributed by atoms with Crippen molar-refractivity contribution in [2.45, 2.75) is 19.9 Å². The summed E-state index contributed by atoms with van der Waals surface area (Å²) in [4.78, 5) is 22.0. The van der Waals surface area contributed by atoms with Gasteiger partial charge in [0, 0.05) is 25.8 Å². The topological polar surface area (TPSA) is 57.7 Å². The van der Waals surface area contributed by atoms with Crippen LogP contribution in [0.5, 0.6) is 0 Å². The van der Waals surface area contributed by atoms with Crippen molar-refractivity contribution < 1.29 is 9.53 Å². The number of anilines is 1. The van der Waals surface area contributed by atoms with Crippen LogP contribution in [0.4, 0.5) is 5.82 Å². The van der Waals surface area contributed by atoms with Crippen molar-refractivity contribution in [3.05, 3.63) is 59.8 Å². The molecule has 0 spiro atoms. The first-order chi connectivity index (χ1) is 13.7. The lowest BCUT2D eigenvalue weighted by atomic mass is 10.0. The van der Waals surface area contributed by atoms with E-state index in [-0.39, 0.29) is 11.9 Å². The fraction of sp³-hybridized carbons (Fsp3) is 0.455. The third kappa shape index (κ3) is 4.88. The molecule has 1 aliphatic rings. The number of nitrogens with one attached hydrogen (secondary N) is 1. The highest BCUT2D eigenvalue weighted by Gasteiger charge is 2.22. The lowest BCUT2D eigenvalue weighted by Gasteiger charge is -2.31. The molecule has 28 heavy (non-hydrogen) atoms. The number of morpholine rings is 1. The first kappa shape index (κ1) is 20.3. The van der Waals surface area contributed by atoms with Crippen LogP contribution < -0.4 is 10.2 Å². The Hall–Kier alpha value is -2.44. The van der Waals surface area contributed by atoms with E-state index in [0.29, 0.717) is 25.3 Å². The van der Waals surface area contributed by atoms with Gasteiger partial charge in [0.25, 0.3) is 5.91 Å². The predicted molar refractivity (Wildman–Crippen MR) is 112 cm³/mol. The summed E-state index contributed by atoms with van der Waals surface area (Å²) < 4.78 is 5.43. The summed E-state index contributed by atoms with van der Waals surface area (Å²) >= 11 is 0. The maximum atomic E-state index is 13.0. The average molecular weight is 383 g/mol. The lowest BCUT2D eigenvalue weighted by molar-refractivity contribution is 0.0933. The maximum Gasteiger partial charge on any atom is 0.255 e. The Bertz CT molecular complexity index is 743. The van der Waals surface area contributed by atoms with E-state index in [1.807, 2.05) is 30.3 Å². The van der Waals surface area contributed by atoms with Gasteiger partial charge in [-0.3, -0.25) is 9.69 Å². The van der Waals surface area contributed by atoms with Gasteiger partial charge >= 0.3 is 0 Å².